The molecule has 0 saturated carbocycles. The summed E-state index contributed by atoms with van der Waals surface area (Å²) in [5.41, 5.74) is 5.22. The molecule has 32 heavy (non-hydrogen) atoms. The van der Waals surface area contributed by atoms with Gasteiger partial charge in [0, 0.05) is 42.3 Å². The molecule has 4 N–H and O–H groups in total. The number of aryl methyl sites for hydroxylation is 1. The average Bonchev–Trinajstić information content (AvgIpc) is 3.31. The van der Waals surface area contributed by atoms with Gasteiger partial charge in [-0.1, -0.05) is 0 Å². The van der Waals surface area contributed by atoms with Gasteiger partial charge in [-0.2, -0.15) is 0 Å². The number of benzene rings is 1. The Morgan fingerprint density at radius 1 is 1.31 bits per heavy atom. The van der Waals surface area contributed by atoms with Crippen LogP contribution in [0.25, 0.3) is 11.6 Å². The highest BCUT2D eigenvalue weighted by Gasteiger charge is 2.26. The minimum absolute atomic E-state index is 0.175. The van der Waals surface area contributed by atoms with Crippen LogP contribution in [0.5, 0.6) is 0 Å². The van der Waals surface area contributed by atoms with Gasteiger partial charge in [0.1, 0.15) is 11.9 Å². The van der Waals surface area contributed by atoms with E-state index in [1.54, 1.807) is 13.0 Å². The fourth-order valence-electron chi connectivity index (χ4n) is 4.14. The summed E-state index contributed by atoms with van der Waals surface area (Å²) in [4.78, 5) is 29.9. The molecule has 2 aliphatic heterocycles. The number of aromatic nitrogens is 1. The normalized spacial score (nSPS) is 17.8. The molecule has 9 heteroatoms. The number of nitrogens with zero attached hydrogens (tertiary/aromatic N) is 1. The number of hydrogen-bond donors (Lipinski definition) is 4. The number of fused-ring (bicyclic) bond motifs is 1. The molecule has 0 spiro atoms. The molecular formula is C23H27FN4O4. The fourth-order valence-corrected chi connectivity index (χ4v) is 4.14. The minimum atomic E-state index is -1.31. The minimum Gasteiger partial charge on any atom is -0.381 e. The van der Waals surface area contributed by atoms with Gasteiger partial charge in [0.05, 0.1) is 25.3 Å². The lowest BCUT2D eigenvalue weighted by atomic mass is 10.0. The van der Waals surface area contributed by atoms with Gasteiger partial charge in [0.25, 0.3) is 11.8 Å². The molecule has 1 atom stereocenters. The fraction of sp³-hybridized carbons (Fsp3) is 0.391. The maximum atomic E-state index is 13.7. The Morgan fingerprint density at radius 3 is 2.81 bits per heavy atom. The molecule has 0 bridgehead atoms. The summed E-state index contributed by atoms with van der Waals surface area (Å²) in [5.74, 6) is -1.09. The molecule has 2 amide bonds. The third-order valence-electron chi connectivity index (χ3n) is 5.88. The lowest BCUT2D eigenvalue weighted by Gasteiger charge is -2.28. The molecule has 4 rings (SSSR count). The van der Waals surface area contributed by atoms with Crippen molar-refractivity contribution in [1.82, 2.24) is 15.2 Å². The molecule has 0 unspecified atom stereocenters. The van der Waals surface area contributed by atoms with Crippen molar-refractivity contribution in [3.63, 3.8) is 0 Å². The Labute approximate surface area is 185 Å². The van der Waals surface area contributed by atoms with Gasteiger partial charge in [0.15, 0.2) is 0 Å². The van der Waals surface area contributed by atoms with Gasteiger partial charge in [-0.3, -0.25) is 9.59 Å². The number of ether oxygens (including phenoxy) is 1. The first kappa shape index (κ1) is 22.0. The monoisotopic (exact) mass is 442 g/mol. The summed E-state index contributed by atoms with van der Waals surface area (Å²) in [6, 6.07) is 4.62. The maximum absolute atomic E-state index is 13.7. The van der Waals surface area contributed by atoms with Crippen molar-refractivity contribution >= 4 is 29.2 Å². The number of nitrogens with one attached hydrogen (secondary N) is 3. The molecule has 2 aliphatic rings. The number of carbonyl (C=O) groups excluding carboxylic acids is 2. The molecule has 170 valence electrons. The molecule has 1 saturated heterocycles. The Hall–Kier alpha value is -3.17. The first-order chi connectivity index (χ1) is 15.3. The van der Waals surface area contributed by atoms with E-state index in [2.05, 4.69) is 15.6 Å². The first-order valence-corrected chi connectivity index (χ1v) is 10.6. The maximum Gasteiger partial charge on any atom is 0.253 e. The molecule has 1 fully saturated rings. The van der Waals surface area contributed by atoms with Crippen LogP contribution < -0.4 is 10.6 Å². The van der Waals surface area contributed by atoms with E-state index in [0.29, 0.717) is 44.1 Å². The third kappa shape index (κ3) is 4.39. The summed E-state index contributed by atoms with van der Waals surface area (Å²) >= 11 is 0. The van der Waals surface area contributed by atoms with Gasteiger partial charge in [0.2, 0.25) is 0 Å². The highest BCUT2D eigenvalue weighted by atomic mass is 19.1. The molecule has 0 radical (unpaired) electrons. The standard InChI is InChI=1S/C23H27FN4O4/c1-13-19(9-15-11-25-18-4-3-16(24)10-17(15)18)27-14(2)21(13)22(30)26-12-20(29)23(31)28-5-7-32-8-6-28/h3-4,9-10,20,25,27,29H,5-8,11-12H2,1-2H3,(H,26,30)/b15-9+/t20-/m1/s1. The first-order valence-electron chi connectivity index (χ1n) is 10.6. The molecule has 1 aromatic heterocycles. The van der Waals surface area contributed by atoms with Gasteiger partial charge in [-0.25, -0.2) is 4.39 Å². The highest BCUT2D eigenvalue weighted by Crippen LogP contribution is 2.33. The van der Waals surface area contributed by atoms with Crippen molar-refractivity contribution in [3.05, 3.63) is 52.1 Å². The SMILES string of the molecule is Cc1[nH]c(/C=C2\CNc3ccc(F)cc32)c(C)c1C(=O)NC[C@@H](O)C(=O)N1CCOCC1. The second-order valence-electron chi connectivity index (χ2n) is 8.04. The Bertz CT molecular complexity index is 1070. The van der Waals surface area contributed by atoms with E-state index in [9.17, 15) is 19.1 Å². The number of H-pyrrole nitrogens is 1. The van der Waals surface area contributed by atoms with Crippen LogP contribution in [0.4, 0.5) is 10.1 Å². The van der Waals surface area contributed by atoms with E-state index >= 15 is 0 Å². The Balaban J connectivity index is 1.46. The number of hydrogen-bond acceptors (Lipinski definition) is 5. The number of aliphatic hydroxyl groups is 1. The van der Waals surface area contributed by atoms with Gasteiger partial charge in [-0.05, 0) is 49.3 Å². The van der Waals surface area contributed by atoms with Crippen LogP contribution in [0.3, 0.4) is 0 Å². The summed E-state index contributed by atoms with van der Waals surface area (Å²) < 4.78 is 18.9. The van der Waals surface area contributed by atoms with Crippen LogP contribution in [-0.4, -0.2) is 72.3 Å². The second-order valence-corrected chi connectivity index (χ2v) is 8.04. The number of morpholine rings is 1. The van der Waals surface area contributed by atoms with Gasteiger partial charge in [-0.15, -0.1) is 0 Å². The van der Waals surface area contributed by atoms with Crippen LogP contribution in [0.15, 0.2) is 18.2 Å². The summed E-state index contributed by atoms with van der Waals surface area (Å²) in [5, 5.41) is 16.1. The lowest BCUT2D eigenvalue weighted by Crippen LogP contribution is -2.49. The number of aromatic amines is 1. The molecule has 0 aliphatic carbocycles. The van der Waals surface area contributed by atoms with E-state index in [-0.39, 0.29) is 18.3 Å². The summed E-state index contributed by atoms with van der Waals surface area (Å²) in [7, 11) is 0. The molecule has 2 aromatic rings. The zero-order valence-corrected chi connectivity index (χ0v) is 18.1. The van der Waals surface area contributed by atoms with Crippen molar-refractivity contribution in [1.29, 1.82) is 0 Å². The Kier molecular flexibility index (Phi) is 6.29. The average molecular weight is 442 g/mol. The van der Waals surface area contributed by atoms with Gasteiger partial charge < -0.3 is 30.4 Å². The van der Waals surface area contributed by atoms with Crippen molar-refractivity contribution in [2.75, 3.05) is 44.7 Å². The summed E-state index contributed by atoms with van der Waals surface area (Å²) in [6.45, 7) is 5.75. The predicted octanol–water partition coefficient (Wildman–Crippen LogP) is 1.69. The highest BCUT2D eigenvalue weighted by molar-refractivity contribution is 5.99. The lowest BCUT2D eigenvalue weighted by molar-refractivity contribution is -0.143. The topological polar surface area (TPSA) is 107 Å². The zero-order valence-electron chi connectivity index (χ0n) is 18.1. The zero-order chi connectivity index (χ0) is 22.8. The largest absolute Gasteiger partial charge is 0.381 e. The van der Waals surface area contributed by atoms with E-state index in [1.807, 2.05) is 13.0 Å². The smallest absolute Gasteiger partial charge is 0.253 e. The van der Waals surface area contributed by atoms with Crippen LogP contribution in [0, 0.1) is 19.7 Å². The third-order valence-corrected chi connectivity index (χ3v) is 5.88. The predicted molar refractivity (Wildman–Crippen MR) is 119 cm³/mol. The Morgan fingerprint density at radius 2 is 2.06 bits per heavy atom. The molecular weight excluding hydrogens is 415 g/mol. The summed E-state index contributed by atoms with van der Waals surface area (Å²) in [6.07, 6.45) is 0.600. The van der Waals surface area contributed by atoms with Crippen molar-refractivity contribution in [2.45, 2.75) is 20.0 Å². The molecule has 3 heterocycles. The number of rotatable bonds is 5. The van der Waals surface area contributed by atoms with E-state index in [4.69, 9.17) is 4.74 Å². The number of amides is 2. The van der Waals surface area contributed by atoms with Crippen LogP contribution in [0.1, 0.15) is 32.9 Å². The molecule has 1 aromatic carbocycles. The number of halogens is 1. The quantitative estimate of drug-likeness (QED) is 0.564. The van der Waals surface area contributed by atoms with Crippen molar-refractivity contribution in [2.24, 2.45) is 0 Å². The van der Waals surface area contributed by atoms with Crippen molar-refractivity contribution in [3.8, 4) is 0 Å². The second kappa shape index (κ2) is 9.13. The van der Waals surface area contributed by atoms with Gasteiger partial charge >= 0.3 is 0 Å². The van der Waals surface area contributed by atoms with Crippen LogP contribution in [-0.2, 0) is 9.53 Å². The van der Waals surface area contributed by atoms with E-state index < -0.39 is 12.0 Å². The van der Waals surface area contributed by atoms with E-state index in [0.717, 1.165) is 28.1 Å². The number of aliphatic hydroxyl groups excluding tert-OH is 1. The van der Waals surface area contributed by atoms with Crippen LogP contribution in [0.2, 0.25) is 0 Å². The number of carbonyl (C=O) groups is 2. The van der Waals surface area contributed by atoms with E-state index in [1.165, 1.54) is 17.0 Å². The van der Waals surface area contributed by atoms with Crippen LogP contribution >= 0.6 is 0 Å². The van der Waals surface area contributed by atoms with Crippen molar-refractivity contribution < 1.29 is 23.8 Å². The molecule has 8 nitrogen and oxygen atoms in total. The number of anilines is 1.